The highest BCUT2D eigenvalue weighted by molar-refractivity contribution is 7.80. The first kappa shape index (κ1) is 19.6. The molecular weight excluding hydrogens is 404 g/mol. The van der Waals surface area contributed by atoms with Crippen LogP contribution in [0.4, 0.5) is 5.69 Å². The van der Waals surface area contributed by atoms with Crippen LogP contribution in [-0.2, 0) is 17.8 Å². The number of methoxy groups -OCH3 is 1. The summed E-state index contributed by atoms with van der Waals surface area (Å²) in [4.78, 5) is 12.2. The largest absolute Gasteiger partial charge is 0.465 e. The van der Waals surface area contributed by atoms with Gasteiger partial charge in [-0.1, -0.05) is 11.6 Å². The standard InChI is InChI=1S/C18H19ClN4O2S2/c1-4-23-9-11(10(2)22-23)8-20-18(26)21-12-5-6-13-14(7-12)27-16(15(13)19)17(24)25-3/h5-7,9H,4,8H2,1-3H3,(H2,20,21,26). The van der Waals surface area contributed by atoms with Crippen LogP contribution in [0.1, 0.15) is 27.9 Å². The minimum Gasteiger partial charge on any atom is -0.465 e. The zero-order chi connectivity index (χ0) is 19.6. The third-order valence-electron chi connectivity index (χ3n) is 4.07. The van der Waals surface area contributed by atoms with E-state index in [1.165, 1.54) is 18.4 Å². The molecule has 0 aliphatic carbocycles. The molecule has 1 aromatic carbocycles. The van der Waals surface area contributed by atoms with Crippen molar-refractivity contribution in [2.75, 3.05) is 12.4 Å². The molecule has 0 unspecified atom stereocenters. The number of benzene rings is 1. The Hall–Kier alpha value is -2.16. The lowest BCUT2D eigenvalue weighted by molar-refractivity contribution is 0.0606. The van der Waals surface area contributed by atoms with Crippen LogP contribution in [0.25, 0.3) is 10.1 Å². The van der Waals surface area contributed by atoms with Gasteiger partial charge in [-0.15, -0.1) is 11.3 Å². The van der Waals surface area contributed by atoms with Crippen molar-refractivity contribution in [3.05, 3.63) is 45.6 Å². The van der Waals surface area contributed by atoms with Crippen LogP contribution in [0, 0.1) is 6.92 Å². The van der Waals surface area contributed by atoms with Crippen molar-refractivity contribution in [3.8, 4) is 0 Å². The van der Waals surface area contributed by atoms with Crippen molar-refractivity contribution in [1.82, 2.24) is 15.1 Å². The molecule has 9 heteroatoms. The third kappa shape index (κ3) is 4.23. The number of carbonyl (C=O) groups excluding carboxylic acids is 1. The molecule has 2 aromatic heterocycles. The molecule has 0 saturated heterocycles. The fraction of sp³-hybridized carbons (Fsp3) is 0.278. The molecule has 0 spiro atoms. The maximum absolute atomic E-state index is 11.8. The number of hydrogen-bond donors (Lipinski definition) is 2. The quantitative estimate of drug-likeness (QED) is 0.470. The summed E-state index contributed by atoms with van der Waals surface area (Å²) in [7, 11) is 1.34. The highest BCUT2D eigenvalue weighted by Crippen LogP contribution is 2.37. The number of nitrogens with one attached hydrogen (secondary N) is 2. The van der Waals surface area contributed by atoms with Gasteiger partial charge in [0.25, 0.3) is 0 Å². The van der Waals surface area contributed by atoms with E-state index in [-0.39, 0.29) is 0 Å². The average Bonchev–Trinajstić information content (AvgIpc) is 3.19. The predicted octanol–water partition coefficient (Wildman–Crippen LogP) is 4.35. The van der Waals surface area contributed by atoms with Crippen LogP contribution in [-0.4, -0.2) is 28.0 Å². The maximum atomic E-state index is 11.8. The van der Waals surface area contributed by atoms with Gasteiger partial charge in [0.05, 0.1) is 17.8 Å². The summed E-state index contributed by atoms with van der Waals surface area (Å²) >= 11 is 13.0. The van der Waals surface area contributed by atoms with Crippen LogP contribution >= 0.6 is 35.2 Å². The van der Waals surface area contributed by atoms with E-state index >= 15 is 0 Å². The van der Waals surface area contributed by atoms with Crippen LogP contribution in [0.5, 0.6) is 0 Å². The van der Waals surface area contributed by atoms with Gasteiger partial charge in [-0.05, 0) is 44.3 Å². The molecule has 142 valence electrons. The van der Waals surface area contributed by atoms with E-state index in [0.29, 0.717) is 21.6 Å². The molecule has 0 radical (unpaired) electrons. The number of halogens is 1. The number of hydrogen-bond acceptors (Lipinski definition) is 5. The number of anilines is 1. The van der Waals surface area contributed by atoms with Crippen LogP contribution < -0.4 is 10.6 Å². The summed E-state index contributed by atoms with van der Waals surface area (Å²) in [6.07, 6.45) is 2.01. The fourth-order valence-corrected chi connectivity index (χ4v) is 4.27. The summed E-state index contributed by atoms with van der Waals surface area (Å²) in [5, 5.41) is 12.5. The highest BCUT2D eigenvalue weighted by atomic mass is 35.5. The molecule has 3 aromatic rings. The molecule has 0 bridgehead atoms. The Balaban J connectivity index is 1.69. The van der Waals surface area contributed by atoms with E-state index in [1.54, 1.807) is 0 Å². The van der Waals surface area contributed by atoms with Gasteiger partial charge >= 0.3 is 5.97 Å². The first-order valence-corrected chi connectivity index (χ1v) is 9.91. The van der Waals surface area contributed by atoms with Crippen molar-refractivity contribution >= 4 is 62.0 Å². The van der Waals surface area contributed by atoms with Gasteiger partial charge in [0.15, 0.2) is 5.11 Å². The summed E-state index contributed by atoms with van der Waals surface area (Å²) < 4.78 is 7.55. The van der Waals surface area contributed by atoms with Crippen LogP contribution in [0.3, 0.4) is 0 Å². The Morgan fingerprint density at radius 2 is 2.22 bits per heavy atom. The molecule has 0 aliphatic heterocycles. The monoisotopic (exact) mass is 422 g/mol. The lowest BCUT2D eigenvalue weighted by Gasteiger charge is -2.10. The molecule has 2 N–H and O–H groups in total. The van der Waals surface area contributed by atoms with Gasteiger partial charge < -0.3 is 15.4 Å². The molecule has 0 atom stereocenters. The molecule has 2 heterocycles. The molecular formula is C18H19ClN4O2S2. The van der Waals surface area contributed by atoms with E-state index in [9.17, 15) is 4.79 Å². The molecule has 0 saturated carbocycles. The Bertz CT molecular complexity index is 1010. The Morgan fingerprint density at radius 3 is 2.89 bits per heavy atom. The minimum absolute atomic E-state index is 0.399. The van der Waals surface area contributed by atoms with Gasteiger partial charge in [0, 0.05) is 40.6 Å². The molecule has 3 rings (SSSR count). The average molecular weight is 423 g/mol. The van der Waals surface area contributed by atoms with Crippen LogP contribution in [0.15, 0.2) is 24.4 Å². The predicted molar refractivity (Wildman–Crippen MR) is 114 cm³/mol. The number of nitrogens with zero attached hydrogens (tertiary/aromatic N) is 2. The summed E-state index contributed by atoms with van der Waals surface area (Å²) in [5.74, 6) is -0.434. The Kier molecular flexibility index (Phi) is 5.98. The third-order valence-corrected chi connectivity index (χ3v) is 5.95. The van der Waals surface area contributed by atoms with Crippen molar-refractivity contribution in [3.63, 3.8) is 0 Å². The van der Waals surface area contributed by atoms with Crippen molar-refractivity contribution in [2.45, 2.75) is 26.9 Å². The number of ether oxygens (including phenoxy) is 1. The second-order valence-corrected chi connectivity index (χ2v) is 7.69. The smallest absolute Gasteiger partial charge is 0.349 e. The fourth-order valence-electron chi connectivity index (χ4n) is 2.61. The van der Waals surface area contributed by atoms with E-state index in [0.717, 1.165) is 33.6 Å². The van der Waals surface area contributed by atoms with Gasteiger partial charge in [-0.3, -0.25) is 4.68 Å². The van der Waals surface area contributed by atoms with Gasteiger partial charge in [0.1, 0.15) is 4.88 Å². The topological polar surface area (TPSA) is 68.2 Å². The summed E-state index contributed by atoms with van der Waals surface area (Å²) in [5.41, 5.74) is 2.90. The van der Waals surface area contributed by atoms with E-state index in [4.69, 9.17) is 28.6 Å². The van der Waals surface area contributed by atoms with Crippen molar-refractivity contribution in [1.29, 1.82) is 0 Å². The number of aryl methyl sites for hydroxylation is 2. The summed E-state index contributed by atoms with van der Waals surface area (Å²) in [6.45, 7) is 5.46. The number of aromatic nitrogens is 2. The molecule has 0 amide bonds. The number of rotatable bonds is 5. The van der Waals surface area contributed by atoms with E-state index < -0.39 is 5.97 Å². The summed E-state index contributed by atoms with van der Waals surface area (Å²) in [6, 6.07) is 5.64. The van der Waals surface area contributed by atoms with Gasteiger partial charge in [-0.25, -0.2) is 4.79 Å². The van der Waals surface area contributed by atoms with Crippen molar-refractivity contribution < 1.29 is 9.53 Å². The minimum atomic E-state index is -0.434. The van der Waals surface area contributed by atoms with Crippen molar-refractivity contribution in [2.24, 2.45) is 0 Å². The maximum Gasteiger partial charge on any atom is 0.349 e. The lowest BCUT2D eigenvalue weighted by Crippen LogP contribution is -2.27. The number of esters is 1. The first-order valence-electron chi connectivity index (χ1n) is 8.31. The number of thiophene rings is 1. The molecule has 27 heavy (non-hydrogen) atoms. The number of carbonyl (C=O) groups is 1. The van der Waals surface area contributed by atoms with Crippen LogP contribution in [0.2, 0.25) is 5.02 Å². The lowest BCUT2D eigenvalue weighted by atomic mass is 10.2. The zero-order valence-electron chi connectivity index (χ0n) is 15.1. The highest BCUT2D eigenvalue weighted by Gasteiger charge is 2.17. The SMILES string of the molecule is CCn1cc(CNC(=S)Nc2ccc3c(Cl)c(C(=O)OC)sc3c2)c(C)n1. The second-order valence-electron chi connectivity index (χ2n) is 5.85. The van der Waals surface area contributed by atoms with E-state index in [1.807, 2.05) is 36.0 Å². The van der Waals surface area contributed by atoms with Gasteiger partial charge in [0.2, 0.25) is 0 Å². The normalized spacial score (nSPS) is 10.8. The number of thiocarbonyl (C=S) groups is 1. The molecule has 0 aliphatic rings. The number of fused-ring (bicyclic) bond motifs is 1. The molecule has 0 fully saturated rings. The second kappa shape index (κ2) is 8.24. The Labute approximate surface area is 171 Å². The van der Waals surface area contributed by atoms with E-state index in [2.05, 4.69) is 22.7 Å². The molecule has 6 nitrogen and oxygen atoms in total. The zero-order valence-corrected chi connectivity index (χ0v) is 17.5. The Morgan fingerprint density at radius 1 is 1.44 bits per heavy atom. The van der Waals surface area contributed by atoms with Gasteiger partial charge in [-0.2, -0.15) is 5.10 Å². The first-order chi connectivity index (χ1) is 12.9.